The van der Waals surface area contributed by atoms with E-state index in [-0.39, 0.29) is 11.1 Å². The van der Waals surface area contributed by atoms with Gasteiger partial charge in [-0.3, -0.25) is 0 Å². The summed E-state index contributed by atoms with van der Waals surface area (Å²) in [4.78, 5) is 4.65. The van der Waals surface area contributed by atoms with Gasteiger partial charge in [-0.2, -0.15) is 0 Å². The first-order chi connectivity index (χ1) is 14.8. The minimum atomic E-state index is -2.59. The largest absolute Gasteiger partial charge is 0.401 e. The average molecular weight is 562 g/mol. The van der Waals surface area contributed by atoms with Crippen LogP contribution in [-0.4, -0.2) is 23.8 Å². The Morgan fingerprint density at radius 3 is 2.03 bits per heavy atom. The fourth-order valence-corrected chi connectivity index (χ4v) is 10.0. The summed E-state index contributed by atoms with van der Waals surface area (Å²) in [5.41, 5.74) is 2.28. The highest BCUT2D eigenvalue weighted by Gasteiger charge is 2.51. The minimum absolute atomic E-state index is 0.0310. The van der Waals surface area contributed by atoms with Crippen LogP contribution in [0.1, 0.15) is 44.8 Å². The zero-order valence-corrected chi connectivity index (χ0v) is 23.0. The van der Waals surface area contributed by atoms with Gasteiger partial charge >= 0.3 is 0 Å². The van der Waals surface area contributed by atoms with E-state index < -0.39 is 8.32 Å². The Balaban J connectivity index is 2.15. The molecule has 0 radical (unpaired) electrons. The number of aromatic nitrogens is 1. The van der Waals surface area contributed by atoms with Crippen LogP contribution in [0.5, 0.6) is 0 Å². The summed E-state index contributed by atoms with van der Waals surface area (Å²) in [5, 5.41) is 5.84. The molecule has 2 nitrogen and oxygen atoms in total. The smallest absolute Gasteiger partial charge is 0.261 e. The van der Waals surface area contributed by atoms with Crippen molar-refractivity contribution in [3.8, 4) is 0 Å². The van der Waals surface area contributed by atoms with Crippen molar-refractivity contribution in [2.24, 2.45) is 0 Å². The summed E-state index contributed by atoms with van der Waals surface area (Å²) < 4.78 is 8.44. The molecule has 0 saturated carbocycles. The molecule has 2 aromatic carbocycles. The van der Waals surface area contributed by atoms with Gasteiger partial charge in [0.05, 0.1) is 16.8 Å². The number of rotatable bonds is 8. The number of hydrogen-bond acceptors (Lipinski definition) is 3. The number of thiazole rings is 1. The first-order valence-electron chi connectivity index (χ1n) is 10.7. The summed E-state index contributed by atoms with van der Waals surface area (Å²) >= 11 is 4.16. The second kappa shape index (κ2) is 10.6. The molecule has 3 rings (SSSR count). The van der Waals surface area contributed by atoms with Crippen LogP contribution in [0.25, 0.3) is 6.08 Å². The van der Waals surface area contributed by atoms with Crippen molar-refractivity contribution in [1.29, 1.82) is 0 Å². The van der Waals surface area contributed by atoms with Crippen molar-refractivity contribution in [3.63, 3.8) is 0 Å². The molecule has 5 heteroatoms. The van der Waals surface area contributed by atoms with Crippen molar-refractivity contribution in [3.05, 3.63) is 82.3 Å². The van der Waals surface area contributed by atoms with Crippen LogP contribution in [0.2, 0.25) is 5.04 Å². The fourth-order valence-electron chi connectivity index (χ4n) is 4.16. The van der Waals surface area contributed by atoms with Gasteiger partial charge in [0.2, 0.25) is 0 Å². The molecule has 0 fully saturated rings. The van der Waals surface area contributed by atoms with Gasteiger partial charge in [0.15, 0.2) is 0 Å². The molecular weight excluding hydrogens is 529 g/mol. The lowest BCUT2D eigenvalue weighted by Gasteiger charge is -2.45. The molecule has 0 amide bonds. The first kappa shape index (κ1) is 24.4. The van der Waals surface area contributed by atoms with Crippen LogP contribution in [0.3, 0.4) is 0 Å². The van der Waals surface area contributed by atoms with E-state index in [4.69, 9.17) is 4.43 Å². The third-order valence-corrected chi connectivity index (χ3v) is 12.1. The first-order valence-corrected chi connectivity index (χ1v) is 15.0. The molecule has 0 bridgehead atoms. The molecule has 1 atom stereocenters. The minimum Gasteiger partial charge on any atom is -0.401 e. The Hall–Kier alpha value is -1.28. The van der Waals surface area contributed by atoms with E-state index >= 15 is 0 Å². The SMILES string of the molecule is C/C(=C\c1csc(C)n1)C(CCI)O[Si](c1ccccc1)(c1ccccc1)C(C)(C)C. The quantitative estimate of drug-likeness (QED) is 0.175. The zero-order valence-electron chi connectivity index (χ0n) is 19.1. The average Bonchev–Trinajstić information content (AvgIpc) is 3.16. The molecule has 31 heavy (non-hydrogen) atoms. The maximum Gasteiger partial charge on any atom is 0.261 e. The van der Waals surface area contributed by atoms with Gasteiger partial charge in [0.25, 0.3) is 8.32 Å². The summed E-state index contributed by atoms with van der Waals surface area (Å²) in [6.45, 7) is 11.3. The molecule has 1 heterocycles. The molecule has 0 aliphatic rings. The third-order valence-electron chi connectivity index (χ3n) is 5.63. The van der Waals surface area contributed by atoms with Crippen LogP contribution in [0, 0.1) is 6.92 Å². The van der Waals surface area contributed by atoms with Crippen LogP contribution >= 0.6 is 33.9 Å². The molecule has 164 valence electrons. The van der Waals surface area contributed by atoms with Gasteiger partial charge in [-0.1, -0.05) is 104 Å². The molecule has 3 aromatic rings. The summed E-state index contributed by atoms with van der Waals surface area (Å²) in [6.07, 6.45) is 3.24. The Morgan fingerprint density at radius 2 is 1.61 bits per heavy atom. The molecule has 0 N–H and O–H groups in total. The Bertz CT molecular complexity index is 956. The maximum absolute atomic E-state index is 7.40. The number of nitrogens with zero attached hydrogens (tertiary/aromatic N) is 1. The second-order valence-corrected chi connectivity index (χ2v) is 15.3. The number of hydrogen-bond donors (Lipinski definition) is 0. The molecule has 0 saturated heterocycles. The summed E-state index contributed by atoms with van der Waals surface area (Å²) in [7, 11) is -2.59. The van der Waals surface area contributed by atoms with E-state index in [1.165, 1.54) is 15.9 Å². The monoisotopic (exact) mass is 561 g/mol. The molecule has 0 aliphatic carbocycles. The standard InChI is InChI=1S/C26H32INOSSi/c1-20(18-22-19-30-21(2)28-22)25(16-17-27)29-31(26(3,4)5,23-12-8-6-9-13-23)24-14-10-7-11-15-24/h6-15,18-19,25H,16-17H2,1-5H3/b20-18+. The molecule has 1 aromatic heterocycles. The van der Waals surface area contributed by atoms with E-state index in [1.54, 1.807) is 11.3 Å². The van der Waals surface area contributed by atoms with Crippen LogP contribution < -0.4 is 10.4 Å². The normalized spacial score (nSPS) is 13.9. The van der Waals surface area contributed by atoms with Gasteiger partial charge in [-0.05, 0) is 47.3 Å². The Morgan fingerprint density at radius 1 is 1.06 bits per heavy atom. The second-order valence-electron chi connectivity index (χ2n) is 8.93. The Kier molecular flexibility index (Phi) is 8.29. The highest BCUT2D eigenvalue weighted by molar-refractivity contribution is 14.1. The summed E-state index contributed by atoms with van der Waals surface area (Å²) in [5.74, 6) is 0. The predicted octanol–water partition coefficient (Wildman–Crippen LogP) is 6.63. The molecule has 0 spiro atoms. The van der Waals surface area contributed by atoms with Crippen molar-refractivity contribution in [2.75, 3.05) is 4.43 Å². The van der Waals surface area contributed by atoms with Crippen molar-refractivity contribution in [1.82, 2.24) is 4.98 Å². The van der Waals surface area contributed by atoms with Crippen LogP contribution in [-0.2, 0) is 4.43 Å². The van der Waals surface area contributed by atoms with Crippen molar-refractivity contribution < 1.29 is 4.43 Å². The van der Waals surface area contributed by atoms with E-state index in [0.29, 0.717) is 0 Å². The predicted molar refractivity (Wildman–Crippen MR) is 146 cm³/mol. The summed E-state index contributed by atoms with van der Waals surface area (Å²) in [6, 6.07) is 21.8. The lowest BCUT2D eigenvalue weighted by atomic mass is 10.1. The maximum atomic E-state index is 7.40. The fraction of sp³-hybridized carbons (Fsp3) is 0.346. The van der Waals surface area contributed by atoms with Gasteiger partial charge < -0.3 is 4.43 Å². The molecule has 1 unspecified atom stereocenters. The van der Waals surface area contributed by atoms with Gasteiger partial charge in [0.1, 0.15) is 0 Å². The highest BCUT2D eigenvalue weighted by atomic mass is 127. The lowest BCUT2D eigenvalue weighted by molar-refractivity contribution is 0.220. The van der Waals surface area contributed by atoms with E-state index in [9.17, 15) is 0 Å². The highest BCUT2D eigenvalue weighted by Crippen LogP contribution is 2.39. The third kappa shape index (κ3) is 5.56. The van der Waals surface area contributed by atoms with Gasteiger partial charge in [-0.25, -0.2) is 4.98 Å². The van der Waals surface area contributed by atoms with Gasteiger partial charge in [-0.15, -0.1) is 11.3 Å². The van der Waals surface area contributed by atoms with Gasteiger partial charge in [0, 0.05) is 9.81 Å². The van der Waals surface area contributed by atoms with E-state index in [0.717, 1.165) is 21.5 Å². The van der Waals surface area contributed by atoms with Crippen molar-refractivity contribution >= 4 is 58.7 Å². The molecular formula is C26H32INOSSi. The Labute approximate surface area is 206 Å². The zero-order chi connectivity index (χ0) is 22.5. The lowest BCUT2D eigenvalue weighted by Crippen LogP contribution is -2.67. The number of aryl methyl sites for hydroxylation is 1. The van der Waals surface area contributed by atoms with Crippen molar-refractivity contribution in [2.45, 2.75) is 52.2 Å². The number of halogens is 1. The number of alkyl halides is 1. The van der Waals surface area contributed by atoms with Crippen LogP contribution in [0.4, 0.5) is 0 Å². The van der Waals surface area contributed by atoms with Crippen LogP contribution in [0.15, 0.2) is 71.6 Å². The number of benzene rings is 2. The molecule has 0 aliphatic heterocycles. The van der Waals surface area contributed by atoms with E-state index in [2.05, 4.69) is 134 Å². The van der Waals surface area contributed by atoms with E-state index in [1.807, 2.05) is 0 Å². The topological polar surface area (TPSA) is 22.1 Å².